The standard InChI is InChI=1S/C14H20N4O2S/c1-8-9(2)17-18-14-10(8)11(15)12(21-14)13(20)16-6-4-3-5-7-19/h19H,3-7,15H2,1-2H3,(H,16,20). The predicted octanol–water partition coefficient (Wildman–Crippen LogP) is 1.78. The van der Waals surface area contributed by atoms with Crippen molar-refractivity contribution >= 4 is 33.1 Å². The molecule has 2 rings (SSSR count). The quantitative estimate of drug-likeness (QED) is 0.706. The molecule has 0 aliphatic carbocycles. The van der Waals surface area contributed by atoms with Crippen molar-refractivity contribution < 1.29 is 9.90 Å². The summed E-state index contributed by atoms with van der Waals surface area (Å²) in [5.41, 5.74) is 8.39. The van der Waals surface area contributed by atoms with Gasteiger partial charge in [0.2, 0.25) is 0 Å². The number of carbonyl (C=O) groups excluding carboxylic acids is 1. The molecule has 1 amide bonds. The Hall–Kier alpha value is -1.73. The molecular weight excluding hydrogens is 288 g/mol. The third-order valence-electron chi connectivity index (χ3n) is 3.46. The molecule has 0 aliphatic heterocycles. The summed E-state index contributed by atoms with van der Waals surface area (Å²) in [7, 11) is 0. The van der Waals surface area contributed by atoms with Gasteiger partial charge in [0.1, 0.15) is 9.71 Å². The normalized spacial score (nSPS) is 11.0. The number of aromatic nitrogens is 2. The molecule has 0 saturated carbocycles. The van der Waals surface area contributed by atoms with Crippen LogP contribution in [0.2, 0.25) is 0 Å². The molecule has 0 unspecified atom stereocenters. The Morgan fingerprint density at radius 1 is 1.29 bits per heavy atom. The van der Waals surface area contributed by atoms with E-state index in [9.17, 15) is 4.79 Å². The minimum atomic E-state index is -0.170. The number of aliphatic hydroxyl groups excluding tert-OH is 1. The number of rotatable bonds is 6. The van der Waals surface area contributed by atoms with Gasteiger partial charge in [-0.1, -0.05) is 0 Å². The molecule has 0 saturated heterocycles. The van der Waals surface area contributed by atoms with Gasteiger partial charge < -0.3 is 16.2 Å². The zero-order valence-electron chi connectivity index (χ0n) is 12.3. The van der Waals surface area contributed by atoms with Gasteiger partial charge in [-0.3, -0.25) is 4.79 Å². The predicted molar refractivity (Wildman–Crippen MR) is 84.6 cm³/mol. The Balaban J connectivity index is 2.13. The second kappa shape index (κ2) is 6.82. The molecule has 2 aromatic rings. The number of aryl methyl sites for hydroxylation is 2. The molecule has 0 aromatic carbocycles. The van der Waals surface area contributed by atoms with Crippen LogP contribution in [-0.4, -0.2) is 34.4 Å². The smallest absolute Gasteiger partial charge is 0.263 e. The molecule has 4 N–H and O–H groups in total. The minimum absolute atomic E-state index is 0.170. The first-order valence-corrected chi connectivity index (χ1v) is 7.78. The number of unbranched alkanes of at least 4 members (excludes halogenated alkanes) is 2. The van der Waals surface area contributed by atoms with Crippen molar-refractivity contribution in [2.75, 3.05) is 18.9 Å². The summed E-state index contributed by atoms with van der Waals surface area (Å²) in [4.78, 5) is 13.4. The van der Waals surface area contributed by atoms with E-state index >= 15 is 0 Å². The van der Waals surface area contributed by atoms with Crippen molar-refractivity contribution in [3.8, 4) is 0 Å². The van der Waals surface area contributed by atoms with E-state index in [1.54, 1.807) is 0 Å². The van der Waals surface area contributed by atoms with E-state index in [0.29, 0.717) is 21.9 Å². The van der Waals surface area contributed by atoms with Crippen molar-refractivity contribution in [2.45, 2.75) is 33.1 Å². The SMILES string of the molecule is Cc1nnc2sc(C(=O)NCCCCCO)c(N)c2c1C. The number of nitrogens with two attached hydrogens (primary N) is 1. The monoisotopic (exact) mass is 308 g/mol. The highest BCUT2D eigenvalue weighted by molar-refractivity contribution is 7.21. The highest BCUT2D eigenvalue weighted by atomic mass is 32.1. The van der Waals surface area contributed by atoms with Crippen LogP contribution >= 0.6 is 11.3 Å². The molecule has 0 spiro atoms. The van der Waals surface area contributed by atoms with Crippen molar-refractivity contribution in [2.24, 2.45) is 0 Å². The summed E-state index contributed by atoms with van der Waals surface area (Å²) in [6.07, 6.45) is 2.49. The van der Waals surface area contributed by atoms with Crippen LogP contribution in [0.25, 0.3) is 10.2 Å². The van der Waals surface area contributed by atoms with Crippen molar-refractivity contribution in [3.05, 3.63) is 16.1 Å². The number of nitrogens with one attached hydrogen (secondary N) is 1. The highest BCUT2D eigenvalue weighted by Crippen LogP contribution is 2.34. The number of aliphatic hydroxyl groups is 1. The van der Waals surface area contributed by atoms with Crippen LogP contribution in [0.4, 0.5) is 5.69 Å². The molecule has 114 valence electrons. The van der Waals surface area contributed by atoms with Crippen LogP contribution in [0.1, 0.15) is 40.2 Å². The van der Waals surface area contributed by atoms with E-state index in [2.05, 4.69) is 15.5 Å². The summed E-state index contributed by atoms with van der Waals surface area (Å²) in [6.45, 7) is 4.58. The number of thiophene rings is 1. The van der Waals surface area contributed by atoms with Gasteiger partial charge >= 0.3 is 0 Å². The number of nitrogen functional groups attached to an aromatic ring is 1. The van der Waals surface area contributed by atoms with E-state index in [1.165, 1.54) is 11.3 Å². The van der Waals surface area contributed by atoms with E-state index in [4.69, 9.17) is 10.8 Å². The summed E-state index contributed by atoms with van der Waals surface area (Å²) in [6, 6.07) is 0. The maximum Gasteiger partial charge on any atom is 0.263 e. The van der Waals surface area contributed by atoms with Gasteiger partial charge in [-0.05, 0) is 38.7 Å². The van der Waals surface area contributed by atoms with Crippen LogP contribution in [0.15, 0.2) is 0 Å². The van der Waals surface area contributed by atoms with Gasteiger partial charge in [0.25, 0.3) is 5.91 Å². The fraction of sp³-hybridized carbons (Fsp3) is 0.500. The first kappa shape index (κ1) is 15.7. The third-order valence-corrected chi connectivity index (χ3v) is 4.55. The fourth-order valence-corrected chi connectivity index (χ4v) is 3.12. The first-order valence-electron chi connectivity index (χ1n) is 6.97. The van der Waals surface area contributed by atoms with Crippen LogP contribution in [0.5, 0.6) is 0 Å². The summed E-state index contributed by atoms with van der Waals surface area (Å²) in [5.74, 6) is -0.170. The van der Waals surface area contributed by atoms with Gasteiger partial charge in [0.15, 0.2) is 0 Å². The molecule has 0 aliphatic rings. The summed E-state index contributed by atoms with van der Waals surface area (Å²) >= 11 is 1.27. The lowest BCUT2D eigenvalue weighted by Gasteiger charge is -2.04. The lowest BCUT2D eigenvalue weighted by Crippen LogP contribution is -2.24. The molecule has 7 heteroatoms. The number of anilines is 1. The van der Waals surface area contributed by atoms with E-state index in [0.717, 1.165) is 35.9 Å². The Bertz CT molecular complexity index is 654. The fourth-order valence-electron chi connectivity index (χ4n) is 2.10. The van der Waals surface area contributed by atoms with Crippen LogP contribution < -0.4 is 11.1 Å². The largest absolute Gasteiger partial charge is 0.397 e. The molecular formula is C14H20N4O2S. The Morgan fingerprint density at radius 2 is 2.05 bits per heavy atom. The van der Waals surface area contributed by atoms with Gasteiger partial charge in [-0.15, -0.1) is 16.4 Å². The first-order chi connectivity index (χ1) is 10.1. The van der Waals surface area contributed by atoms with Gasteiger partial charge in [-0.25, -0.2) is 0 Å². The maximum absolute atomic E-state index is 12.2. The number of carbonyl (C=O) groups is 1. The molecule has 2 heterocycles. The maximum atomic E-state index is 12.2. The molecule has 2 aromatic heterocycles. The average Bonchev–Trinajstić information content (AvgIpc) is 2.80. The third kappa shape index (κ3) is 3.30. The van der Waals surface area contributed by atoms with E-state index in [-0.39, 0.29) is 12.5 Å². The van der Waals surface area contributed by atoms with Crippen LogP contribution in [0, 0.1) is 13.8 Å². The zero-order valence-corrected chi connectivity index (χ0v) is 13.1. The Labute approximate surface area is 127 Å². The second-order valence-corrected chi connectivity index (χ2v) is 5.97. The lowest BCUT2D eigenvalue weighted by molar-refractivity contribution is 0.0957. The highest BCUT2D eigenvalue weighted by Gasteiger charge is 2.19. The molecule has 6 nitrogen and oxygen atoms in total. The van der Waals surface area contributed by atoms with Crippen molar-refractivity contribution in [1.82, 2.24) is 15.5 Å². The Kier molecular flexibility index (Phi) is 5.08. The zero-order chi connectivity index (χ0) is 15.4. The Morgan fingerprint density at radius 3 is 2.76 bits per heavy atom. The molecule has 0 atom stereocenters. The number of hydrogen-bond acceptors (Lipinski definition) is 6. The second-order valence-electron chi connectivity index (χ2n) is 4.98. The number of hydrogen-bond donors (Lipinski definition) is 3. The van der Waals surface area contributed by atoms with Crippen LogP contribution in [0.3, 0.4) is 0 Å². The van der Waals surface area contributed by atoms with E-state index < -0.39 is 0 Å². The number of nitrogens with zero attached hydrogens (tertiary/aromatic N) is 2. The van der Waals surface area contributed by atoms with Crippen LogP contribution in [-0.2, 0) is 0 Å². The van der Waals surface area contributed by atoms with Crippen molar-refractivity contribution in [3.63, 3.8) is 0 Å². The average molecular weight is 308 g/mol. The van der Waals surface area contributed by atoms with E-state index in [1.807, 2.05) is 13.8 Å². The topological polar surface area (TPSA) is 101 Å². The minimum Gasteiger partial charge on any atom is -0.397 e. The summed E-state index contributed by atoms with van der Waals surface area (Å²) < 4.78 is 0. The number of fused-ring (bicyclic) bond motifs is 1. The molecule has 21 heavy (non-hydrogen) atoms. The van der Waals surface area contributed by atoms with Gasteiger partial charge in [-0.2, -0.15) is 5.10 Å². The van der Waals surface area contributed by atoms with Gasteiger partial charge in [0, 0.05) is 18.5 Å². The molecule has 0 bridgehead atoms. The summed E-state index contributed by atoms with van der Waals surface area (Å²) in [5, 5.41) is 20.6. The van der Waals surface area contributed by atoms with Crippen molar-refractivity contribution in [1.29, 1.82) is 0 Å². The van der Waals surface area contributed by atoms with Gasteiger partial charge in [0.05, 0.1) is 11.4 Å². The molecule has 0 fully saturated rings. The molecule has 0 radical (unpaired) electrons. The lowest BCUT2D eigenvalue weighted by atomic mass is 10.1. The number of amides is 1.